The van der Waals surface area contributed by atoms with Crippen molar-refractivity contribution in [1.82, 2.24) is 4.31 Å². The standard InChI is InChI=1S/C21H25ClN2O4S/c1-2-28-19-11-9-18(10-12-19)23-21(25)16-7-5-13-24(14-16)29(26,27)15-17-6-3-4-8-20(17)22/h3-4,6,8-12,16H,2,5,7,13-15H2,1H3,(H,23,25)/t16-/m0/s1. The normalized spacial score (nSPS) is 17.7. The van der Waals surface area contributed by atoms with Crippen LogP contribution in [0.3, 0.4) is 0 Å². The molecule has 156 valence electrons. The molecule has 6 nitrogen and oxygen atoms in total. The van der Waals surface area contributed by atoms with Gasteiger partial charge in [0.1, 0.15) is 5.75 Å². The van der Waals surface area contributed by atoms with E-state index in [1.807, 2.05) is 6.92 Å². The van der Waals surface area contributed by atoms with E-state index in [0.29, 0.717) is 42.3 Å². The quantitative estimate of drug-likeness (QED) is 0.713. The number of ether oxygens (including phenoxy) is 1. The SMILES string of the molecule is CCOc1ccc(NC(=O)[C@H]2CCCN(S(=O)(=O)Cc3ccccc3Cl)C2)cc1. The molecular formula is C21H25ClN2O4S. The maximum atomic E-state index is 12.9. The second-order valence-corrected chi connectivity index (χ2v) is 9.37. The molecule has 3 rings (SSSR count). The zero-order chi connectivity index (χ0) is 20.9. The number of rotatable bonds is 7. The van der Waals surface area contributed by atoms with Gasteiger partial charge in [-0.3, -0.25) is 4.79 Å². The summed E-state index contributed by atoms with van der Waals surface area (Å²) < 4.78 is 32.5. The van der Waals surface area contributed by atoms with Crippen LogP contribution in [0.5, 0.6) is 5.75 Å². The molecule has 1 atom stereocenters. The summed E-state index contributed by atoms with van der Waals surface area (Å²) in [4.78, 5) is 12.7. The zero-order valence-electron chi connectivity index (χ0n) is 16.3. The maximum absolute atomic E-state index is 12.9. The summed E-state index contributed by atoms with van der Waals surface area (Å²) in [6.45, 7) is 3.08. The lowest BCUT2D eigenvalue weighted by Crippen LogP contribution is -2.44. The van der Waals surface area contributed by atoms with Crippen molar-refractivity contribution in [3.63, 3.8) is 0 Å². The lowest BCUT2D eigenvalue weighted by Gasteiger charge is -2.31. The Hall–Kier alpha value is -2.09. The van der Waals surface area contributed by atoms with Crippen molar-refractivity contribution in [2.75, 3.05) is 25.0 Å². The summed E-state index contributed by atoms with van der Waals surface area (Å²) in [6, 6.07) is 14.0. The van der Waals surface area contributed by atoms with Crippen molar-refractivity contribution in [1.29, 1.82) is 0 Å². The monoisotopic (exact) mass is 436 g/mol. The predicted molar refractivity (Wildman–Crippen MR) is 115 cm³/mol. The van der Waals surface area contributed by atoms with Gasteiger partial charge in [-0.25, -0.2) is 12.7 Å². The van der Waals surface area contributed by atoms with Gasteiger partial charge in [0, 0.05) is 23.8 Å². The van der Waals surface area contributed by atoms with Gasteiger partial charge in [0.05, 0.1) is 18.3 Å². The molecule has 0 saturated carbocycles. The van der Waals surface area contributed by atoms with Crippen LogP contribution in [0.25, 0.3) is 0 Å². The minimum absolute atomic E-state index is 0.167. The van der Waals surface area contributed by atoms with Crippen LogP contribution in [0, 0.1) is 5.92 Å². The van der Waals surface area contributed by atoms with Crippen molar-refractivity contribution in [3.8, 4) is 5.75 Å². The molecular weight excluding hydrogens is 412 g/mol. The molecule has 0 aliphatic carbocycles. The van der Waals surface area contributed by atoms with E-state index in [1.54, 1.807) is 48.5 Å². The summed E-state index contributed by atoms with van der Waals surface area (Å²) >= 11 is 6.11. The van der Waals surface area contributed by atoms with Gasteiger partial charge in [0.2, 0.25) is 15.9 Å². The number of carbonyl (C=O) groups excluding carboxylic acids is 1. The van der Waals surface area contributed by atoms with Crippen molar-refractivity contribution < 1.29 is 17.9 Å². The number of amides is 1. The second kappa shape index (κ2) is 9.61. The number of halogens is 1. The number of benzene rings is 2. The Morgan fingerprint density at radius 3 is 2.62 bits per heavy atom. The van der Waals surface area contributed by atoms with E-state index in [0.717, 1.165) is 5.75 Å². The van der Waals surface area contributed by atoms with Gasteiger partial charge in [0.15, 0.2) is 0 Å². The largest absolute Gasteiger partial charge is 0.494 e. The molecule has 29 heavy (non-hydrogen) atoms. The third-order valence-electron chi connectivity index (χ3n) is 4.88. The van der Waals surface area contributed by atoms with Crippen LogP contribution in [0.1, 0.15) is 25.3 Å². The molecule has 8 heteroatoms. The number of sulfonamides is 1. The second-order valence-electron chi connectivity index (χ2n) is 6.99. The van der Waals surface area contributed by atoms with E-state index in [-0.39, 0.29) is 18.2 Å². The van der Waals surface area contributed by atoms with Crippen molar-refractivity contribution in [2.45, 2.75) is 25.5 Å². The summed E-state index contributed by atoms with van der Waals surface area (Å²) in [5, 5.41) is 3.30. The lowest BCUT2D eigenvalue weighted by atomic mass is 9.99. The first-order valence-electron chi connectivity index (χ1n) is 9.64. The third-order valence-corrected chi connectivity index (χ3v) is 7.04. The van der Waals surface area contributed by atoms with Gasteiger partial charge in [0.25, 0.3) is 0 Å². The van der Waals surface area contributed by atoms with Crippen molar-refractivity contribution >= 4 is 33.2 Å². The molecule has 0 unspecified atom stereocenters. The summed E-state index contributed by atoms with van der Waals surface area (Å²) in [5.74, 6) is 0.00282. The highest BCUT2D eigenvalue weighted by atomic mass is 35.5. The molecule has 1 saturated heterocycles. The highest BCUT2D eigenvalue weighted by Crippen LogP contribution is 2.25. The van der Waals surface area contributed by atoms with Crippen LogP contribution < -0.4 is 10.1 Å². The fourth-order valence-electron chi connectivity index (χ4n) is 3.36. The lowest BCUT2D eigenvalue weighted by molar-refractivity contribution is -0.120. The summed E-state index contributed by atoms with van der Waals surface area (Å²) in [7, 11) is -3.56. The molecule has 1 aliphatic rings. The Morgan fingerprint density at radius 1 is 1.21 bits per heavy atom. The number of piperidine rings is 1. The average Bonchev–Trinajstić information content (AvgIpc) is 2.71. The molecule has 1 heterocycles. The van der Waals surface area contributed by atoms with Crippen LogP contribution in [0.15, 0.2) is 48.5 Å². The van der Waals surface area contributed by atoms with Crippen molar-refractivity contribution in [2.24, 2.45) is 5.92 Å². The molecule has 0 spiro atoms. The molecule has 0 aromatic heterocycles. The number of nitrogens with zero attached hydrogens (tertiary/aromatic N) is 1. The molecule has 1 aliphatic heterocycles. The van der Waals surface area contributed by atoms with E-state index in [1.165, 1.54) is 4.31 Å². The number of carbonyl (C=O) groups is 1. The van der Waals surface area contributed by atoms with Crippen LogP contribution in [-0.2, 0) is 20.6 Å². The molecule has 2 aromatic carbocycles. The molecule has 2 aromatic rings. The van der Waals surface area contributed by atoms with Gasteiger partial charge in [-0.1, -0.05) is 29.8 Å². The Bertz CT molecular complexity index is 947. The number of hydrogen-bond acceptors (Lipinski definition) is 4. The molecule has 0 radical (unpaired) electrons. The topological polar surface area (TPSA) is 75.7 Å². The smallest absolute Gasteiger partial charge is 0.228 e. The Labute approximate surface area is 176 Å². The third kappa shape index (κ3) is 5.72. The molecule has 1 amide bonds. The minimum Gasteiger partial charge on any atom is -0.494 e. The van der Waals surface area contributed by atoms with E-state index in [2.05, 4.69) is 5.32 Å². The van der Waals surface area contributed by atoms with Gasteiger partial charge < -0.3 is 10.1 Å². The Morgan fingerprint density at radius 2 is 1.93 bits per heavy atom. The molecule has 1 fully saturated rings. The Balaban J connectivity index is 1.63. The summed E-state index contributed by atoms with van der Waals surface area (Å²) in [6.07, 6.45) is 1.30. The Kier molecular flexibility index (Phi) is 7.16. The van der Waals surface area contributed by atoms with E-state index in [4.69, 9.17) is 16.3 Å². The van der Waals surface area contributed by atoms with E-state index >= 15 is 0 Å². The average molecular weight is 437 g/mol. The minimum atomic E-state index is -3.56. The summed E-state index contributed by atoms with van der Waals surface area (Å²) in [5.41, 5.74) is 1.23. The fourth-order valence-corrected chi connectivity index (χ4v) is 5.28. The van der Waals surface area contributed by atoms with E-state index < -0.39 is 15.9 Å². The highest BCUT2D eigenvalue weighted by molar-refractivity contribution is 7.88. The molecule has 0 bridgehead atoms. The fraction of sp³-hybridized carbons (Fsp3) is 0.381. The number of anilines is 1. The van der Waals surface area contributed by atoms with Crippen LogP contribution in [-0.4, -0.2) is 38.3 Å². The van der Waals surface area contributed by atoms with Gasteiger partial charge in [-0.05, 0) is 55.7 Å². The first-order valence-corrected chi connectivity index (χ1v) is 11.6. The van der Waals surface area contributed by atoms with Crippen LogP contribution in [0.2, 0.25) is 5.02 Å². The van der Waals surface area contributed by atoms with Crippen LogP contribution >= 0.6 is 11.6 Å². The van der Waals surface area contributed by atoms with Crippen molar-refractivity contribution in [3.05, 3.63) is 59.1 Å². The number of hydrogen-bond donors (Lipinski definition) is 1. The number of nitrogens with one attached hydrogen (secondary N) is 1. The predicted octanol–water partition coefficient (Wildman–Crippen LogP) is 3.92. The van der Waals surface area contributed by atoms with Gasteiger partial charge in [-0.2, -0.15) is 0 Å². The first kappa shape index (κ1) is 21.6. The maximum Gasteiger partial charge on any atom is 0.228 e. The van der Waals surface area contributed by atoms with Gasteiger partial charge in [-0.15, -0.1) is 0 Å². The van der Waals surface area contributed by atoms with E-state index in [9.17, 15) is 13.2 Å². The van der Waals surface area contributed by atoms with Gasteiger partial charge >= 0.3 is 0 Å². The highest BCUT2D eigenvalue weighted by Gasteiger charge is 2.32. The zero-order valence-corrected chi connectivity index (χ0v) is 17.9. The molecule has 1 N–H and O–H groups in total. The van der Waals surface area contributed by atoms with Crippen LogP contribution in [0.4, 0.5) is 5.69 Å². The first-order chi connectivity index (χ1) is 13.9.